The van der Waals surface area contributed by atoms with Gasteiger partial charge in [-0.3, -0.25) is 0 Å². The van der Waals surface area contributed by atoms with Crippen LogP contribution in [0.2, 0.25) is 0 Å². The second-order valence-corrected chi connectivity index (χ2v) is 4.13. The zero-order valence-electron chi connectivity index (χ0n) is 12.4. The van der Waals surface area contributed by atoms with Crippen molar-refractivity contribution >= 4 is 0 Å². The predicted molar refractivity (Wildman–Crippen MR) is 78.9 cm³/mol. The summed E-state index contributed by atoms with van der Waals surface area (Å²) in [5.74, 6) is 9.63. The van der Waals surface area contributed by atoms with Crippen molar-refractivity contribution in [2.45, 2.75) is 66.2 Å². The highest BCUT2D eigenvalue weighted by atomic mass is 16.5. The summed E-state index contributed by atoms with van der Waals surface area (Å²) in [6, 6.07) is 0. The van der Waals surface area contributed by atoms with Gasteiger partial charge in [0.2, 0.25) is 0 Å². The molecular weight excluding hydrogens is 220 g/mol. The second-order valence-electron chi connectivity index (χ2n) is 4.13. The maximum atomic E-state index is 5.12. The van der Waals surface area contributed by atoms with Crippen LogP contribution in [0.1, 0.15) is 66.2 Å². The Morgan fingerprint density at radius 1 is 0.944 bits per heavy atom. The molecule has 1 nitrogen and oxygen atoms in total. The highest BCUT2D eigenvalue weighted by Gasteiger charge is 2.00. The first-order valence-electron chi connectivity index (χ1n) is 7.13. The van der Waals surface area contributed by atoms with Crippen molar-refractivity contribution in [1.82, 2.24) is 0 Å². The molecule has 100 valence electrons. The molecule has 0 atom stereocenters. The van der Waals surface area contributed by atoms with Gasteiger partial charge in [-0.2, -0.15) is 0 Å². The van der Waals surface area contributed by atoms with Gasteiger partial charge in [0.05, 0.1) is 6.61 Å². The lowest BCUT2D eigenvalue weighted by molar-refractivity contribution is 0.299. The lowest BCUT2D eigenvalue weighted by atomic mass is 10.0. The van der Waals surface area contributed by atoms with Gasteiger partial charge in [0.25, 0.3) is 0 Å². The van der Waals surface area contributed by atoms with Crippen LogP contribution in [0.4, 0.5) is 0 Å². The van der Waals surface area contributed by atoms with E-state index < -0.39 is 0 Å². The minimum Gasteiger partial charge on any atom is -0.447 e. The first-order chi connectivity index (χ1) is 8.79. The summed E-state index contributed by atoms with van der Waals surface area (Å²) < 4.78 is 5.12. The summed E-state index contributed by atoms with van der Waals surface area (Å²) in [5, 5.41) is 0. The quantitative estimate of drug-likeness (QED) is 0.618. The van der Waals surface area contributed by atoms with Gasteiger partial charge in [-0.05, 0) is 38.5 Å². The molecule has 18 heavy (non-hydrogen) atoms. The van der Waals surface area contributed by atoms with Crippen LogP contribution in [0.15, 0.2) is 11.1 Å². The third-order valence-electron chi connectivity index (χ3n) is 2.53. The maximum Gasteiger partial charge on any atom is 0.115 e. The summed E-state index contributed by atoms with van der Waals surface area (Å²) in [5.41, 5.74) is 2.35. The third kappa shape index (κ3) is 7.86. The lowest BCUT2D eigenvalue weighted by Gasteiger charge is -2.03. The molecule has 0 saturated carbocycles. The average molecular weight is 246 g/mol. The molecule has 0 rings (SSSR count). The average Bonchev–Trinajstić information content (AvgIpc) is 2.39. The van der Waals surface area contributed by atoms with E-state index in [1.165, 1.54) is 12.0 Å². The first kappa shape index (κ1) is 16.7. The van der Waals surface area contributed by atoms with E-state index in [0.717, 1.165) is 37.7 Å². The molecule has 1 heteroatoms. The largest absolute Gasteiger partial charge is 0.447 e. The maximum absolute atomic E-state index is 5.12. The van der Waals surface area contributed by atoms with E-state index >= 15 is 0 Å². The Morgan fingerprint density at radius 2 is 1.72 bits per heavy atom. The molecule has 0 aromatic rings. The Balaban J connectivity index is 4.95. The first-order valence-corrected chi connectivity index (χ1v) is 7.13. The van der Waals surface area contributed by atoms with E-state index in [4.69, 9.17) is 4.74 Å². The molecule has 0 aliphatic carbocycles. The molecule has 0 bridgehead atoms. The Bertz CT molecular complexity index is 355. The van der Waals surface area contributed by atoms with Crippen LogP contribution in [0.5, 0.6) is 0 Å². The van der Waals surface area contributed by atoms with Crippen molar-refractivity contribution < 1.29 is 4.74 Å². The molecule has 0 aliphatic rings. The molecule has 0 aromatic heterocycles. The van der Waals surface area contributed by atoms with Crippen LogP contribution >= 0.6 is 0 Å². The van der Waals surface area contributed by atoms with E-state index in [1.54, 1.807) is 0 Å². The fourth-order valence-electron chi connectivity index (χ4n) is 1.48. The standard InChI is InChI=1S/C17H26O/c1-5-9-11-13-16(7-3)17(12-10-6-2)14-15-18-8-4/h5-10,12H2,1-4H3/b17-16-. The monoisotopic (exact) mass is 246 g/mol. The molecule has 0 aromatic carbocycles. The Hall–Kier alpha value is -1.34. The van der Waals surface area contributed by atoms with Gasteiger partial charge in [-0.15, -0.1) is 0 Å². The summed E-state index contributed by atoms with van der Waals surface area (Å²) in [6.45, 7) is 9.08. The molecule has 0 fully saturated rings. The summed E-state index contributed by atoms with van der Waals surface area (Å²) in [7, 11) is 0. The van der Waals surface area contributed by atoms with Gasteiger partial charge in [-0.1, -0.05) is 39.0 Å². The predicted octanol–water partition coefficient (Wildman–Crippen LogP) is 4.68. The van der Waals surface area contributed by atoms with Crippen LogP contribution in [0, 0.1) is 23.9 Å². The summed E-state index contributed by atoms with van der Waals surface area (Å²) in [6.07, 6.45) is 9.16. The fraction of sp³-hybridized carbons (Fsp3) is 0.647. The van der Waals surface area contributed by atoms with Crippen molar-refractivity contribution in [2.24, 2.45) is 0 Å². The van der Waals surface area contributed by atoms with Crippen LogP contribution in [-0.4, -0.2) is 6.61 Å². The smallest absolute Gasteiger partial charge is 0.115 e. The van der Waals surface area contributed by atoms with Crippen molar-refractivity contribution in [3.63, 3.8) is 0 Å². The van der Waals surface area contributed by atoms with Crippen molar-refractivity contribution in [1.29, 1.82) is 0 Å². The van der Waals surface area contributed by atoms with Gasteiger partial charge in [0.15, 0.2) is 0 Å². The molecule has 0 heterocycles. The number of ether oxygens (including phenoxy) is 1. The highest BCUT2D eigenvalue weighted by molar-refractivity contribution is 5.42. The second kappa shape index (κ2) is 12.1. The van der Waals surface area contributed by atoms with Crippen molar-refractivity contribution in [3.8, 4) is 23.9 Å². The Morgan fingerprint density at radius 3 is 2.28 bits per heavy atom. The number of allylic oxidation sites excluding steroid dienone is 2. The van der Waals surface area contributed by atoms with Crippen LogP contribution in [0.25, 0.3) is 0 Å². The van der Waals surface area contributed by atoms with E-state index in [9.17, 15) is 0 Å². The zero-order valence-corrected chi connectivity index (χ0v) is 12.4. The summed E-state index contributed by atoms with van der Waals surface area (Å²) in [4.78, 5) is 0. The molecule has 0 spiro atoms. The van der Waals surface area contributed by atoms with Gasteiger partial charge in [0, 0.05) is 17.6 Å². The molecule has 0 saturated heterocycles. The molecule has 0 unspecified atom stereocenters. The minimum atomic E-state index is 0.636. The molecule has 0 amide bonds. The number of unbranched alkanes of at least 4 members (excludes halogenated alkanes) is 2. The molecule has 0 aliphatic heterocycles. The van der Waals surface area contributed by atoms with Gasteiger partial charge >= 0.3 is 0 Å². The topological polar surface area (TPSA) is 9.23 Å². The number of rotatable bonds is 6. The number of hydrogen-bond donors (Lipinski definition) is 0. The van der Waals surface area contributed by atoms with Gasteiger partial charge in [-0.25, -0.2) is 0 Å². The van der Waals surface area contributed by atoms with E-state index in [-0.39, 0.29) is 0 Å². The molecular formula is C17H26O. The van der Waals surface area contributed by atoms with Gasteiger partial charge < -0.3 is 4.74 Å². The van der Waals surface area contributed by atoms with E-state index in [1.807, 2.05) is 6.92 Å². The van der Waals surface area contributed by atoms with Gasteiger partial charge in [0.1, 0.15) is 6.11 Å². The molecule has 0 N–H and O–H groups in total. The van der Waals surface area contributed by atoms with E-state index in [2.05, 4.69) is 44.6 Å². The van der Waals surface area contributed by atoms with Crippen LogP contribution < -0.4 is 0 Å². The minimum absolute atomic E-state index is 0.636. The van der Waals surface area contributed by atoms with Crippen LogP contribution in [0.3, 0.4) is 0 Å². The highest BCUT2D eigenvalue weighted by Crippen LogP contribution is 2.14. The Labute approximate surface area is 113 Å². The SMILES string of the molecule is CCCC#C/C(CC)=C(\C#COCC)CCCC. The molecule has 0 radical (unpaired) electrons. The van der Waals surface area contributed by atoms with Crippen LogP contribution in [-0.2, 0) is 4.74 Å². The normalized spacial score (nSPS) is 10.7. The summed E-state index contributed by atoms with van der Waals surface area (Å²) >= 11 is 0. The zero-order chi connectivity index (χ0) is 13.6. The third-order valence-corrected chi connectivity index (χ3v) is 2.53. The number of hydrogen-bond acceptors (Lipinski definition) is 1. The van der Waals surface area contributed by atoms with E-state index in [0.29, 0.717) is 6.61 Å². The fourth-order valence-corrected chi connectivity index (χ4v) is 1.48. The van der Waals surface area contributed by atoms with Crippen molar-refractivity contribution in [2.75, 3.05) is 6.61 Å². The van der Waals surface area contributed by atoms with Crippen molar-refractivity contribution in [3.05, 3.63) is 11.1 Å². The lowest BCUT2D eigenvalue weighted by Crippen LogP contribution is -1.89. The Kier molecular flexibility index (Phi) is 11.2.